The van der Waals surface area contributed by atoms with Gasteiger partial charge in [-0.1, -0.05) is 83.3 Å². The van der Waals surface area contributed by atoms with Crippen molar-refractivity contribution in [3.63, 3.8) is 0 Å². The molecule has 1 unspecified atom stereocenters. The normalized spacial score (nSPS) is 12.3. The number of benzene rings is 4. The zero-order valence-electron chi connectivity index (χ0n) is 20.7. The van der Waals surface area contributed by atoms with E-state index in [4.69, 9.17) is 44.3 Å². The molecule has 0 heterocycles. The molecule has 0 aromatic heterocycles. The van der Waals surface area contributed by atoms with Crippen LogP contribution in [0.2, 0.25) is 15.1 Å². The van der Waals surface area contributed by atoms with E-state index in [1.54, 1.807) is 42.5 Å². The molecular formula is C30H23Cl3FNO4. The van der Waals surface area contributed by atoms with Gasteiger partial charge in [0.25, 0.3) is 5.91 Å². The van der Waals surface area contributed by atoms with Gasteiger partial charge in [0.05, 0.1) is 0 Å². The second-order valence-electron chi connectivity index (χ2n) is 8.65. The van der Waals surface area contributed by atoms with Gasteiger partial charge in [0.1, 0.15) is 12.6 Å². The molecular weight excluding hydrogens is 564 g/mol. The summed E-state index contributed by atoms with van der Waals surface area (Å²) in [5.41, 5.74) is 2.06. The Kier molecular flexibility index (Phi) is 9.46. The molecule has 9 heteroatoms. The maximum Gasteiger partial charge on any atom is 0.328 e. The van der Waals surface area contributed by atoms with E-state index in [1.807, 2.05) is 30.3 Å². The number of nitrogens with one attached hydrogen (secondary N) is 1. The zero-order chi connectivity index (χ0) is 27.9. The van der Waals surface area contributed by atoms with E-state index in [0.717, 1.165) is 11.6 Å². The predicted molar refractivity (Wildman–Crippen MR) is 150 cm³/mol. The van der Waals surface area contributed by atoms with Crippen molar-refractivity contribution < 1.29 is 23.5 Å². The largest absolute Gasteiger partial charge is 0.478 e. The number of amides is 1. The molecule has 0 spiro atoms. The van der Waals surface area contributed by atoms with Crippen LogP contribution in [-0.2, 0) is 16.1 Å². The van der Waals surface area contributed by atoms with Crippen LogP contribution in [-0.4, -0.2) is 17.9 Å². The topological polar surface area (TPSA) is 64.6 Å². The van der Waals surface area contributed by atoms with E-state index in [-0.39, 0.29) is 17.9 Å². The molecule has 1 N–H and O–H groups in total. The molecule has 0 aliphatic rings. The Labute approximate surface area is 240 Å². The second kappa shape index (κ2) is 13.0. The Hall–Kier alpha value is -3.58. The van der Waals surface area contributed by atoms with Gasteiger partial charge in [-0.15, -0.1) is 0 Å². The number of carbonyl (C=O) groups excluding carboxylic acids is 2. The van der Waals surface area contributed by atoms with Gasteiger partial charge in [0.2, 0.25) is 0 Å². The quantitative estimate of drug-likeness (QED) is 0.203. The van der Waals surface area contributed by atoms with E-state index in [0.29, 0.717) is 26.2 Å². The van der Waals surface area contributed by atoms with Crippen LogP contribution in [0.4, 0.5) is 4.39 Å². The molecule has 0 aliphatic heterocycles. The third-order valence-electron chi connectivity index (χ3n) is 5.78. The summed E-state index contributed by atoms with van der Waals surface area (Å²) in [6.45, 7) is 1.57. The lowest BCUT2D eigenvalue weighted by molar-refractivity contribution is -0.146. The molecule has 2 atom stereocenters. The minimum Gasteiger partial charge on any atom is -0.478 e. The van der Waals surface area contributed by atoms with E-state index in [1.165, 1.54) is 19.1 Å². The van der Waals surface area contributed by atoms with Gasteiger partial charge >= 0.3 is 5.97 Å². The van der Waals surface area contributed by atoms with E-state index in [2.05, 4.69) is 5.32 Å². The molecule has 200 valence electrons. The Morgan fingerprint density at radius 2 is 1.56 bits per heavy atom. The van der Waals surface area contributed by atoms with Crippen molar-refractivity contribution >= 4 is 46.7 Å². The summed E-state index contributed by atoms with van der Waals surface area (Å²) in [6, 6.07) is 23.8. The van der Waals surface area contributed by atoms with Crippen molar-refractivity contribution in [2.45, 2.75) is 25.7 Å². The molecule has 4 aromatic carbocycles. The SMILES string of the molecule is C[C@@H](NC(=O)c1ccc(OC(c2ccc(Cl)cc2)c2ccc(Cl)cc2Cl)c(F)c1)C(=O)OCc1ccccc1. The molecule has 4 aromatic rings. The van der Waals surface area contributed by atoms with E-state index in [9.17, 15) is 9.59 Å². The summed E-state index contributed by atoms with van der Waals surface area (Å²) >= 11 is 18.5. The van der Waals surface area contributed by atoms with Crippen molar-refractivity contribution in [2.75, 3.05) is 0 Å². The second-order valence-corrected chi connectivity index (χ2v) is 9.93. The Balaban J connectivity index is 1.47. The number of hydrogen-bond acceptors (Lipinski definition) is 4. The first-order valence-corrected chi connectivity index (χ1v) is 13.0. The average Bonchev–Trinajstić information content (AvgIpc) is 2.92. The van der Waals surface area contributed by atoms with E-state index < -0.39 is 29.8 Å². The predicted octanol–water partition coefficient (Wildman–Crippen LogP) is 7.82. The number of carbonyl (C=O) groups is 2. The monoisotopic (exact) mass is 585 g/mol. The minimum atomic E-state index is -0.943. The fraction of sp³-hybridized carbons (Fsp3) is 0.133. The summed E-state index contributed by atoms with van der Waals surface area (Å²) in [5.74, 6) is -2.13. The van der Waals surface area contributed by atoms with Gasteiger partial charge in [0, 0.05) is 26.2 Å². The average molecular weight is 587 g/mol. The van der Waals surface area contributed by atoms with Crippen molar-refractivity contribution in [1.82, 2.24) is 5.32 Å². The summed E-state index contributed by atoms with van der Waals surface area (Å²) < 4.78 is 26.5. The maximum atomic E-state index is 15.2. The van der Waals surface area contributed by atoms with Crippen LogP contribution in [0.3, 0.4) is 0 Å². The first-order valence-electron chi connectivity index (χ1n) is 11.9. The fourth-order valence-corrected chi connectivity index (χ4v) is 4.35. The smallest absolute Gasteiger partial charge is 0.328 e. The van der Waals surface area contributed by atoms with Crippen LogP contribution in [0.5, 0.6) is 5.75 Å². The van der Waals surface area contributed by atoms with Gasteiger partial charge in [-0.25, -0.2) is 9.18 Å². The lowest BCUT2D eigenvalue weighted by atomic mass is 10.0. The number of rotatable bonds is 9. The van der Waals surface area contributed by atoms with Crippen molar-refractivity contribution in [2.24, 2.45) is 0 Å². The van der Waals surface area contributed by atoms with Gasteiger partial charge in [-0.05, 0) is 60.5 Å². The minimum absolute atomic E-state index is 0.00938. The van der Waals surface area contributed by atoms with Crippen LogP contribution in [0.1, 0.15) is 40.1 Å². The third-order valence-corrected chi connectivity index (χ3v) is 6.60. The summed E-state index contributed by atoms with van der Waals surface area (Å²) in [5, 5.41) is 3.84. The summed E-state index contributed by atoms with van der Waals surface area (Å²) in [4.78, 5) is 25.0. The lowest BCUT2D eigenvalue weighted by Crippen LogP contribution is -2.39. The Morgan fingerprint density at radius 3 is 2.23 bits per heavy atom. The third kappa shape index (κ3) is 7.51. The van der Waals surface area contributed by atoms with Crippen molar-refractivity contribution in [1.29, 1.82) is 0 Å². The van der Waals surface area contributed by atoms with Crippen LogP contribution < -0.4 is 10.1 Å². The van der Waals surface area contributed by atoms with Gasteiger partial charge in [-0.2, -0.15) is 0 Å². The van der Waals surface area contributed by atoms with Crippen LogP contribution in [0.25, 0.3) is 0 Å². The molecule has 4 rings (SSSR count). The van der Waals surface area contributed by atoms with Crippen LogP contribution >= 0.6 is 34.8 Å². The molecule has 39 heavy (non-hydrogen) atoms. The number of esters is 1. The molecule has 0 fully saturated rings. The molecule has 1 amide bonds. The first-order chi connectivity index (χ1) is 18.7. The molecule has 0 saturated heterocycles. The fourth-order valence-electron chi connectivity index (χ4n) is 3.72. The first kappa shape index (κ1) is 28.4. The number of hydrogen-bond donors (Lipinski definition) is 1. The molecule has 0 saturated carbocycles. The Bertz CT molecular complexity index is 1470. The highest BCUT2D eigenvalue weighted by Gasteiger charge is 2.23. The number of halogens is 4. The summed E-state index contributed by atoms with van der Waals surface area (Å²) in [6.07, 6.45) is -0.791. The summed E-state index contributed by atoms with van der Waals surface area (Å²) in [7, 11) is 0. The maximum absolute atomic E-state index is 15.2. The molecule has 5 nitrogen and oxygen atoms in total. The van der Waals surface area contributed by atoms with Crippen molar-refractivity contribution in [3.8, 4) is 5.75 Å². The highest BCUT2D eigenvalue weighted by atomic mass is 35.5. The van der Waals surface area contributed by atoms with Gasteiger partial charge < -0.3 is 14.8 Å². The highest BCUT2D eigenvalue weighted by molar-refractivity contribution is 6.35. The molecule has 0 radical (unpaired) electrons. The standard InChI is InChI=1S/C30H23Cl3FNO4/c1-18(30(37)38-17-19-5-3-2-4-6-19)35-29(36)21-9-14-27(26(34)15-21)39-28(20-7-10-22(31)11-8-20)24-13-12-23(32)16-25(24)33/h2-16,18,28H,17H2,1H3,(H,35,36)/t18-,28?/m1/s1. The zero-order valence-corrected chi connectivity index (χ0v) is 22.9. The number of ether oxygens (including phenoxy) is 2. The molecule has 0 aliphatic carbocycles. The van der Waals surface area contributed by atoms with Crippen molar-refractivity contribution in [3.05, 3.63) is 134 Å². The van der Waals surface area contributed by atoms with Crippen LogP contribution in [0, 0.1) is 5.82 Å². The molecule has 0 bridgehead atoms. The van der Waals surface area contributed by atoms with Gasteiger partial charge in [0.15, 0.2) is 17.7 Å². The van der Waals surface area contributed by atoms with Crippen LogP contribution in [0.15, 0.2) is 91.0 Å². The lowest BCUT2D eigenvalue weighted by Gasteiger charge is -2.22. The highest BCUT2D eigenvalue weighted by Crippen LogP contribution is 2.35. The Morgan fingerprint density at radius 1 is 0.872 bits per heavy atom. The van der Waals surface area contributed by atoms with E-state index >= 15 is 4.39 Å². The van der Waals surface area contributed by atoms with Gasteiger partial charge in [-0.3, -0.25) is 4.79 Å².